The van der Waals surface area contributed by atoms with Crippen LogP contribution in [0.4, 0.5) is 5.82 Å². The van der Waals surface area contributed by atoms with Gasteiger partial charge in [-0.05, 0) is 47.3 Å². The number of hydrogen-bond acceptors (Lipinski definition) is 2. The van der Waals surface area contributed by atoms with Crippen molar-refractivity contribution in [1.29, 1.82) is 0 Å². The SMILES string of the molecule is Cc1cnc(NC2CCCCCC2)c(Br)c1. The van der Waals surface area contributed by atoms with Crippen LogP contribution in [0.3, 0.4) is 0 Å². The van der Waals surface area contributed by atoms with Crippen LogP contribution in [0.1, 0.15) is 44.1 Å². The van der Waals surface area contributed by atoms with Gasteiger partial charge in [0.05, 0.1) is 4.47 Å². The van der Waals surface area contributed by atoms with E-state index in [0.717, 1.165) is 10.3 Å². The van der Waals surface area contributed by atoms with Crippen LogP contribution in [0.5, 0.6) is 0 Å². The van der Waals surface area contributed by atoms with E-state index in [1.807, 2.05) is 6.20 Å². The Morgan fingerprint density at radius 3 is 2.56 bits per heavy atom. The quantitative estimate of drug-likeness (QED) is 0.819. The third kappa shape index (κ3) is 3.21. The second-order valence-corrected chi connectivity index (χ2v) is 5.53. The molecule has 1 N–H and O–H groups in total. The van der Waals surface area contributed by atoms with Crippen molar-refractivity contribution in [1.82, 2.24) is 4.98 Å². The molecule has 1 aromatic heterocycles. The molecule has 1 fully saturated rings. The highest BCUT2D eigenvalue weighted by Crippen LogP contribution is 2.25. The Morgan fingerprint density at radius 2 is 1.94 bits per heavy atom. The Bertz CT molecular complexity index is 344. The van der Waals surface area contributed by atoms with E-state index in [2.05, 4.69) is 39.2 Å². The van der Waals surface area contributed by atoms with Gasteiger partial charge in [0.15, 0.2) is 0 Å². The molecular weight excluding hydrogens is 264 g/mol. The van der Waals surface area contributed by atoms with Crippen molar-refractivity contribution in [3.63, 3.8) is 0 Å². The van der Waals surface area contributed by atoms with Gasteiger partial charge in [0.25, 0.3) is 0 Å². The van der Waals surface area contributed by atoms with E-state index >= 15 is 0 Å². The second-order valence-electron chi connectivity index (χ2n) is 4.68. The molecule has 2 rings (SSSR count). The molecule has 0 amide bonds. The lowest BCUT2D eigenvalue weighted by molar-refractivity contribution is 0.617. The molecule has 1 aliphatic carbocycles. The summed E-state index contributed by atoms with van der Waals surface area (Å²) in [7, 11) is 0. The lowest BCUT2D eigenvalue weighted by atomic mass is 10.1. The molecule has 0 aliphatic heterocycles. The summed E-state index contributed by atoms with van der Waals surface area (Å²) < 4.78 is 1.08. The Balaban J connectivity index is 2.01. The molecule has 0 radical (unpaired) electrons. The Labute approximate surface area is 106 Å². The normalized spacial score (nSPS) is 18.1. The third-order valence-electron chi connectivity index (χ3n) is 3.17. The largest absolute Gasteiger partial charge is 0.366 e. The molecule has 1 aromatic rings. The predicted octanol–water partition coefficient (Wildman–Crippen LogP) is 4.29. The summed E-state index contributed by atoms with van der Waals surface area (Å²) in [6.07, 6.45) is 9.96. The molecule has 0 aromatic carbocycles. The Kier molecular flexibility index (Phi) is 4.22. The van der Waals surface area contributed by atoms with Gasteiger partial charge in [-0.3, -0.25) is 0 Å². The number of aromatic nitrogens is 1. The average molecular weight is 283 g/mol. The molecule has 2 nitrogen and oxygen atoms in total. The molecule has 1 saturated carbocycles. The van der Waals surface area contributed by atoms with Crippen LogP contribution in [0.25, 0.3) is 0 Å². The van der Waals surface area contributed by atoms with E-state index in [1.54, 1.807) is 0 Å². The van der Waals surface area contributed by atoms with Crippen molar-refractivity contribution in [2.75, 3.05) is 5.32 Å². The molecule has 88 valence electrons. The van der Waals surface area contributed by atoms with Crippen LogP contribution in [0, 0.1) is 6.92 Å². The molecule has 1 heterocycles. The van der Waals surface area contributed by atoms with E-state index < -0.39 is 0 Å². The van der Waals surface area contributed by atoms with Crippen LogP contribution in [0.2, 0.25) is 0 Å². The van der Waals surface area contributed by atoms with Crippen molar-refractivity contribution in [2.45, 2.75) is 51.5 Å². The zero-order chi connectivity index (χ0) is 11.4. The number of anilines is 1. The van der Waals surface area contributed by atoms with Crippen LogP contribution >= 0.6 is 15.9 Å². The standard InChI is InChI=1S/C13H19BrN2/c1-10-8-12(14)13(15-9-10)16-11-6-4-2-3-5-7-11/h8-9,11H,2-7H2,1H3,(H,15,16). The Hall–Kier alpha value is -0.570. The first-order valence-electron chi connectivity index (χ1n) is 6.14. The average Bonchev–Trinajstić information content (AvgIpc) is 2.51. The summed E-state index contributed by atoms with van der Waals surface area (Å²) in [6, 6.07) is 2.72. The lowest BCUT2D eigenvalue weighted by Crippen LogP contribution is -2.19. The fraction of sp³-hybridized carbons (Fsp3) is 0.615. The van der Waals surface area contributed by atoms with Gasteiger partial charge in [-0.1, -0.05) is 25.7 Å². The maximum absolute atomic E-state index is 4.44. The van der Waals surface area contributed by atoms with E-state index in [-0.39, 0.29) is 0 Å². The number of nitrogens with zero attached hydrogens (tertiary/aromatic N) is 1. The zero-order valence-electron chi connectivity index (χ0n) is 9.80. The van der Waals surface area contributed by atoms with E-state index in [9.17, 15) is 0 Å². The van der Waals surface area contributed by atoms with Gasteiger partial charge in [0.2, 0.25) is 0 Å². The summed E-state index contributed by atoms with van der Waals surface area (Å²) in [5.41, 5.74) is 1.19. The third-order valence-corrected chi connectivity index (χ3v) is 3.78. The van der Waals surface area contributed by atoms with Gasteiger partial charge >= 0.3 is 0 Å². The van der Waals surface area contributed by atoms with Gasteiger partial charge < -0.3 is 5.32 Å². The second kappa shape index (κ2) is 5.67. The minimum absolute atomic E-state index is 0.606. The van der Waals surface area contributed by atoms with Gasteiger partial charge in [0.1, 0.15) is 5.82 Å². The van der Waals surface area contributed by atoms with Crippen molar-refractivity contribution < 1.29 is 0 Å². The highest BCUT2D eigenvalue weighted by molar-refractivity contribution is 9.10. The smallest absolute Gasteiger partial charge is 0.140 e. The molecule has 16 heavy (non-hydrogen) atoms. The Morgan fingerprint density at radius 1 is 1.25 bits per heavy atom. The molecule has 0 unspecified atom stereocenters. The van der Waals surface area contributed by atoms with Gasteiger partial charge in [0, 0.05) is 12.2 Å². The summed E-state index contributed by atoms with van der Waals surface area (Å²) >= 11 is 3.57. The molecule has 0 bridgehead atoms. The van der Waals surface area contributed by atoms with Crippen LogP contribution in [-0.4, -0.2) is 11.0 Å². The number of hydrogen-bond donors (Lipinski definition) is 1. The van der Waals surface area contributed by atoms with Gasteiger partial charge in [-0.2, -0.15) is 0 Å². The van der Waals surface area contributed by atoms with Crippen LogP contribution in [-0.2, 0) is 0 Å². The van der Waals surface area contributed by atoms with Crippen molar-refractivity contribution >= 4 is 21.7 Å². The number of nitrogens with one attached hydrogen (secondary N) is 1. The van der Waals surface area contributed by atoms with E-state index in [1.165, 1.54) is 44.1 Å². The highest BCUT2D eigenvalue weighted by Gasteiger charge is 2.13. The molecule has 3 heteroatoms. The van der Waals surface area contributed by atoms with Gasteiger partial charge in [-0.15, -0.1) is 0 Å². The highest BCUT2D eigenvalue weighted by atomic mass is 79.9. The first-order chi connectivity index (χ1) is 7.75. The molecular formula is C13H19BrN2. The van der Waals surface area contributed by atoms with E-state index in [4.69, 9.17) is 0 Å². The van der Waals surface area contributed by atoms with Gasteiger partial charge in [-0.25, -0.2) is 4.98 Å². The minimum atomic E-state index is 0.606. The molecule has 0 saturated heterocycles. The first kappa shape index (κ1) is 11.9. The summed E-state index contributed by atoms with van der Waals surface area (Å²) in [5, 5.41) is 3.56. The predicted molar refractivity (Wildman–Crippen MR) is 71.8 cm³/mol. The van der Waals surface area contributed by atoms with Crippen molar-refractivity contribution in [2.24, 2.45) is 0 Å². The first-order valence-corrected chi connectivity index (χ1v) is 6.93. The maximum atomic E-state index is 4.44. The van der Waals surface area contributed by atoms with Crippen LogP contribution in [0.15, 0.2) is 16.7 Å². The topological polar surface area (TPSA) is 24.9 Å². The number of pyridine rings is 1. The fourth-order valence-electron chi connectivity index (χ4n) is 2.26. The molecule has 1 aliphatic rings. The van der Waals surface area contributed by atoms with E-state index in [0.29, 0.717) is 6.04 Å². The molecule has 0 atom stereocenters. The van der Waals surface area contributed by atoms with Crippen molar-refractivity contribution in [3.05, 3.63) is 22.3 Å². The maximum Gasteiger partial charge on any atom is 0.140 e. The summed E-state index contributed by atoms with van der Waals surface area (Å²) in [4.78, 5) is 4.44. The number of rotatable bonds is 2. The van der Waals surface area contributed by atoms with Crippen molar-refractivity contribution in [3.8, 4) is 0 Å². The number of halogens is 1. The fourth-order valence-corrected chi connectivity index (χ4v) is 2.83. The summed E-state index contributed by atoms with van der Waals surface area (Å²) in [6.45, 7) is 2.06. The summed E-state index contributed by atoms with van der Waals surface area (Å²) in [5.74, 6) is 0.998. The minimum Gasteiger partial charge on any atom is -0.366 e. The molecule has 0 spiro atoms. The van der Waals surface area contributed by atoms with Crippen LogP contribution < -0.4 is 5.32 Å². The monoisotopic (exact) mass is 282 g/mol. The number of aryl methyl sites for hydroxylation is 1. The lowest BCUT2D eigenvalue weighted by Gasteiger charge is -2.17. The zero-order valence-corrected chi connectivity index (χ0v) is 11.4.